The largest absolute Gasteiger partial charge is 0.496 e. The Kier molecular flexibility index (Phi) is 7.92. The summed E-state index contributed by atoms with van der Waals surface area (Å²) in [5.41, 5.74) is 3.13. The molecule has 1 aliphatic heterocycles. The molecule has 1 atom stereocenters. The Hall–Kier alpha value is -3.29. The maximum absolute atomic E-state index is 5.91. The average molecular weight is 444 g/mol. The molecule has 0 aliphatic carbocycles. The van der Waals surface area contributed by atoms with E-state index in [2.05, 4.69) is 23.6 Å². The van der Waals surface area contributed by atoms with Crippen molar-refractivity contribution in [3.8, 4) is 28.7 Å². The summed E-state index contributed by atoms with van der Waals surface area (Å²) < 4.78 is 27.8. The van der Waals surface area contributed by atoms with Crippen LogP contribution in [0.25, 0.3) is 0 Å². The van der Waals surface area contributed by atoms with Gasteiger partial charge in [0.2, 0.25) is 5.75 Å². The third-order valence-corrected chi connectivity index (χ3v) is 5.23. The third-order valence-electron chi connectivity index (χ3n) is 5.23. The highest BCUT2D eigenvalue weighted by Crippen LogP contribution is 2.38. The van der Waals surface area contributed by atoms with Gasteiger partial charge in [0.25, 0.3) is 0 Å². The van der Waals surface area contributed by atoms with Gasteiger partial charge in [0.05, 0.1) is 35.0 Å². The normalized spacial score (nSPS) is 14.9. The number of methoxy groups -OCH3 is 4. The first-order valence-corrected chi connectivity index (χ1v) is 10.7. The van der Waals surface area contributed by atoms with Gasteiger partial charge in [0.15, 0.2) is 17.5 Å². The average Bonchev–Trinajstić information content (AvgIpc) is 3.17. The van der Waals surface area contributed by atoms with E-state index < -0.39 is 0 Å². The highest BCUT2D eigenvalue weighted by molar-refractivity contribution is 5.79. The Morgan fingerprint density at radius 3 is 2.25 bits per heavy atom. The SMILES string of the molecule is CCNC(=NCc1cc(OC)c(OC)c(OC)c1)NCc1cc2c(cc1OC)CC(C)O2. The van der Waals surface area contributed by atoms with E-state index in [0.29, 0.717) is 36.3 Å². The molecule has 0 spiro atoms. The van der Waals surface area contributed by atoms with Gasteiger partial charge < -0.3 is 34.3 Å². The van der Waals surface area contributed by atoms with Crippen molar-refractivity contribution in [2.75, 3.05) is 35.0 Å². The number of rotatable bonds is 9. The number of nitrogens with zero attached hydrogens (tertiary/aromatic N) is 1. The summed E-state index contributed by atoms with van der Waals surface area (Å²) >= 11 is 0. The van der Waals surface area contributed by atoms with Crippen molar-refractivity contribution in [1.82, 2.24) is 10.6 Å². The molecule has 1 heterocycles. The van der Waals surface area contributed by atoms with Crippen LogP contribution in [0.1, 0.15) is 30.5 Å². The van der Waals surface area contributed by atoms with E-state index in [1.807, 2.05) is 25.1 Å². The third kappa shape index (κ3) is 5.30. The molecule has 8 heteroatoms. The summed E-state index contributed by atoms with van der Waals surface area (Å²) in [4.78, 5) is 4.72. The number of benzene rings is 2. The molecule has 0 saturated carbocycles. The van der Waals surface area contributed by atoms with Crippen molar-refractivity contribution in [1.29, 1.82) is 0 Å². The fourth-order valence-corrected chi connectivity index (χ4v) is 3.73. The van der Waals surface area contributed by atoms with Crippen molar-refractivity contribution in [3.05, 3.63) is 41.0 Å². The molecule has 32 heavy (non-hydrogen) atoms. The fourth-order valence-electron chi connectivity index (χ4n) is 3.73. The molecule has 0 bridgehead atoms. The maximum Gasteiger partial charge on any atom is 0.203 e. The molecule has 0 fully saturated rings. The second-order valence-corrected chi connectivity index (χ2v) is 7.49. The molecule has 1 unspecified atom stereocenters. The fraction of sp³-hybridized carbons (Fsp3) is 0.458. The molecule has 2 aromatic rings. The molecule has 2 aromatic carbocycles. The smallest absolute Gasteiger partial charge is 0.203 e. The Morgan fingerprint density at radius 1 is 0.969 bits per heavy atom. The van der Waals surface area contributed by atoms with E-state index in [0.717, 1.165) is 35.6 Å². The lowest BCUT2D eigenvalue weighted by Crippen LogP contribution is -2.36. The monoisotopic (exact) mass is 443 g/mol. The van der Waals surface area contributed by atoms with Crippen LogP contribution in [0.4, 0.5) is 0 Å². The van der Waals surface area contributed by atoms with Gasteiger partial charge in [-0.1, -0.05) is 0 Å². The Bertz CT molecular complexity index is 936. The van der Waals surface area contributed by atoms with Gasteiger partial charge in [-0.25, -0.2) is 4.99 Å². The van der Waals surface area contributed by atoms with E-state index in [-0.39, 0.29) is 6.10 Å². The predicted octanol–water partition coefficient (Wildman–Crippen LogP) is 3.30. The van der Waals surface area contributed by atoms with Crippen LogP contribution in [0.2, 0.25) is 0 Å². The number of hydrogen-bond donors (Lipinski definition) is 2. The van der Waals surface area contributed by atoms with E-state index in [1.54, 1.807) is 28.4 Å². The number of fused-ring (bicyclic) bond motifs is 1. The Labute approximate surface area is 189 Å². The van der Waals surface area contributed by atoms with Gasteiger partial charge in [-0.2, -0.15) is 0 Å². The van der Waals surface area contributed by atoms with Crippen LogP contribution >= 0.6 is 0 Å². The number of guanidine groups is 1. The topological polar surface area (TPSA) is 82.6 Å². The van der Waals surface area contributed by atoms with Crippen molar-refractivity contribution in [2.24, 2.45) is 4.99 Å². The molecule has 0 aromatic heterocycles. The van der Waals surface area contributed by atoms with Crippen LogP contribution in [0.15, 0.2) is 29.3 Å². The second kappa shape index (κ2) is 10.8. The Balaban J connectivity index is 1.76. The summed E-state index contributed by atoms with van der Waals surface area (Å²) in [6, 6.07) is 7.91. The molecule has 2 N–H and O–H groups in total. The molecule has 0 radical (unpaired) electrons. The van der Waals surface area contributed by atoms with Crippen molar-refractivity contribution >= 4 is 5.96 Å². The summed E-state index contributed by atoms with van der Waals surface area (Å²) in [7, 11) is 6.48. The lowest BCUT2D eigenvalue weighted by molar-refractivity contribution is 0.254. The highest BCUT2D eigenvalue weighted by Gasteiger charge is 2.21. The minimum absolute atomic E-state index is 0.190. The van der Waals surface area contributed by atoms with E-state index in [1.165, 1.54) is 5.56 Å². The number of nitrogens with one attached hydrogen (secondary N) is 2. The van der Waals surface area contributed by atoms with Crippen LogP contribution < -0.4 is 34.3 Å². The first kappa shape index (κ1) is 23.4. The second-order valence-electron chi connectivity index (χ2n) is 7.49. The van der Waals surface area contributed by atoms with Crippen LogP contribution in [-0.4, -0.2) is 47.0 Å². The van der Waals surface area contributed by atoms with Crippen molar-refractivity contribution in [2.45, 2.75) is 39.5 Å². The summed E-state index contributed by atoms with van der Waals surface area (Å²) in [5.74, 6) is 4.23. The highest BCUT2D eigenvalue weighted by atomic mass is 16.5. The standard InChI is InChI=1S/C24H33N3O5/c1-7-25-24(26-13-16-9-21(29-4)23(31-6)22(10-16)30-5)27-14-18-12-20-17(8-15(2)32-20)11-19(18)28-3/h9-12,15H,7-8,13-14H2,1-6H3,(H2,25,26,27). The van der Waals surface area contributed by atoms with Gasteiger partial charge in [0.1, 0.15) is 17.6 Å². The zero-order valence-corrected chi connectivity index (χ0v) is 19.7. The van der Waals surface area contributed by atoms with Crippen LogP contribution in [-0.2, 0) is 19.5 Å². The summed E-state index contributed by atoms with van der Waals surface area (Å²) in [6.07, 6.45) is 1.09. The zero-order chi connectivity index (χ0) is 23.1. The van der Waals surface area contributed by atoms with E-state index in [9.17, 15) is 0 Å². The van der Waals surface area contributed by atoms with Crippen LogP contribution in [0, 0.1) is 0 Å². The predicted molar refractivity (Wildman–Crippen MR) is 125 cm³/mol. The van der Waals surface area contributed by atoms with Gasteiger partial charge in [-0.15, -0.1) is 0 Å². The van der Waals surface area contributed by atoms with Gasteiger partial charge in [-0.3, -0.25) is 0 Å². The minimum atomic E-state index is 0.190. The van der Waals surface area contributed by atoms with Gasteiger partial charge in [0, 0.05) is 30.6 Å². The first-order valence-electron chi connectivity index (χ1n) is 10.7. The first-order chi connectivity index (χ1) is 15.5. The van der Waals surface area contributed by atoms with Gasteiger partial charge >= 0.3 is 0 Å². The zero-order valence-electron chi connectivity index (χ0n) is 19.7. The molecule has 3 rings (SSSR count). The molecule has 0 saturated heterocycles. The van der Waals surface area contributed by atoms with Crippen molar-refractivity contribution in [3.63, 3.8) is 0 Å². The minimum Gasteiger partial charge on any atom is -0.496 e. The lowest BCUT2D eigenvalue weighted by Gasteiger charge is -2.16. The lowest BCUT2D eigenvalue weighted by atomic mass is 10.1. The molecule has 1 aliphatic rings. The molecule has 0 amide bonds. The van der Waals surface area contributed by atoms with Crippen LogP contribution in [0.5, 0.6) is 28.7 Å². The summed E-state index contributed by atoms with van der Waals surface area (Å²) in [5, 5.41) is 6.66. The molecule has 8 nitrogen and oxygen atoms in total. The van der Waals surface area contributed by atoms with Gasteiger partial charge in [-0.05, 0) is 43.7 Å². The van der Waals surface area contributed by atoms with Crippen LogP contribution in [0.3, 0.4) is 0 Å². The van der Waals surface area contributed by atoms with E-state index in [4.69, 9.17) is 28.7 Å². The summed E-state index contributed by atoms with van der Waals surface area (Å²) in [6.45, 7) is 5.83. The Morgan fingerprint density at radius 2 is 1.66 bits per heavy atom. The quantitative estimate of drug-likeness (QED) is 0.455. The van der Waals surface area contributed by atoms with Crippen molar-refractivity contribution < 1.29 is 23.7 Å². The number of ether oxygens (including phenoxy) is 5. The van der Waals surface area contributed by atoms with E-state index >= 15 is 0 Å². The number of hydrogen-bond acceptors (Lipinski definition) is 6. The molecular weight excluding hydrogens is 410 g/mol. The molecule has 174 valence electrons. The number of aliphatic imine (C=N–C) groups is 1. The maximum atomic E-state index is 5.91. The molecular formula is C24H33N3O5.